The van der Waals surface area contributed by atoms with E-state index < -0.39 is 5.97 Å². The highest BCUT2D eigenvalue weighted by atomic mass is 16.5. The van der Waals surface area contributed by atoms with Gasteiger partial charge in [-0.2, -0.15) is 0 Å². The molecular formula is C21H30N2O4. The highest BCUT2D eigenvalue weighted by molar-refractivity contribution is 6.04. The molecule has 0 N–H and O–H groups in total. The van der Waals surface area contributed by atoms with Gasteiger partial charge in [-0.3, -0.25) is 9.59 Å². The van der Waals surface area contributed by atoms with E-state index in [1.54, 1.807) is 24.8 Å². The zero-order valence-electron chi connectivity index (χ0n) is 16.8. The molecule has 1 amide bonds. The van der Waals surface area contributed by atoms with Crippen molar-refractivity contribution in [1.82, 2.24) is 9.47 Å². The number of carbonyl (C=O) groups is 3. The second kappa shape index (κ2) is 9.02. The fourth-order valence-electron chi connectivity index (χ4n) is 3.72. The Morgan fingerprint density at radius 1 is 1.26 bits per heavy atom. The Morgan fingerprint density at radius 3 is 2.41 bits per heavy atom. The third-order valence-electron chi connectivity index (χ3n) is 5.28. The van der Waals surface area contributed by atoms with Gasteiger partial charge in [0.25, 0.3) is 0 Å². The molecule has 1 heterocycles. The van der Waals surface area contributed by atoms with Crippen LogP contribution >= 0.6 is 0 Å². The molecule has 0 atom stereocenters. The summed E-state index contributed by atoms with van der Waals surface area (Å²) >= 11 is 0. The molecule has 0 unspecified atom stereocenters. The van der Waals surface area contributed by atoms with Crippen molar-refractivity contribution >= 4 is 17.7 Å². The van der Waals surface area contributed by atoms with Gasteiger partial charge in [0.05, 0.1) is 13.2 Å². The van der Waals surface area contributed by atoms with Crippen LogP contribution < -0.4 is 0 Å². The quantitative estimate of drug-likeness (QED) is 0.378. The number of amides is 1. The van der Waals surface area contributed by atoms with Crippen molar-refractivity contribution in [3.63, 3.8) is 0 Å². The first-order valence-corrected chi connectivity index (χ1v) is 9.66. The number of ketones is 1. The van der Waals surface area contributed by atoms with Crippen molar-refractivity contribution in [3.05, 3.63) is 35.2 Å². The SMILES string of the molecule is C=CCN(CC(=O)c1c(C)c(C(=O)OCC)n(CC)c1C)C(=O)C1CCC1. The Labute approximate surface area is 161 Å². The maximum absolute atomic E-state index is 13.1. The summed E-state index contributed by atoms with van der Waals surface area (Å²) in [5.41, 5.74) is 2.28. The fourth-order valence-corrected chi connectivity index (χ4v) is 3.72. The molecule has 0 spiro atoms. The highest BCUT2D eigenvalue weighted by Gasteiger charge is 2.32. The van der Waals surface area contributed by atoms with Gasteiger partial charge in [0.1, 0.15) is 5.69 Å². The zero-order chi connectivity index (χ0) is 20.1. The largest absolute Gasteiger partial charge is 0.461 e. The lowest BCUT2D eigenvalue weighted by molar-refractivity contribution is -0.137. The van der Waals surface area contributed by atoms with Crippen LogP contribution in [0.2, 0.25) is 0 Å². The molecule has 27 heavy (non-hydrogen) atoms. The topological polar surface area (TPSA) is 68.6 Å². The van der Waals surface area contributed by atoms with Gasteiger partial charge in [0.15, 0.2) is 5.78 Å². The molecule has 1 saturated carbocycles. The molecule has 1 fully saturated rings. The van der Waals surface area contributed by atoms with Crippen molar-refractivity contribution in [2.24, 2.45) is 5.92 Å². The summed E-state index contributed by atoms with van der Waals surface area (Å²) in [5, 5.41) is 0. The van der Waals surface area contributed by atoms with Gasteiger partial charge in [-0.1, -0.05) is 12.5 Å². The number of hydrogen-bond donors (Lipinski definition) is 0. The minimum absolute atomic E-state index is 0.000966. The van der Waals surface area contributed by atoms with Crippen LogP contribution in [0.15, 0.2) is 12.7 Å². The van der Waals surface area contributed by atoms with Gasteiger partial charge in [-0.05, 0) is 46.1 Å². The molecule has 1 aliphatic carbocycles. The second-order valence-corrected chi connectivity index (χ2v) is 6.96. The van der Waals surface area contributed by atoms with Gasteiger partial charge in [-0.25, -0.2) is 4.79 Å². The molecular weight excluding hydrogens is 344 g/mol. The number of rotatable bonds is 9. The zero-order valence-corrected chi connectivity index (χ0v) is 16.8. The number of hydrogen-bond acceptors (Lipinski definition) is 4. The molecule has 1 aromatic rings. The summed E-state index contributed by atoms with van der Waals surface area (Å²) in [6.45, 7) is 12.2. The Kier molecular flexibility index (Phi) is 6.99. The number of esters is 1. The van der Waals surface area contributed by atoms with E-state index >= 15 is 0 Å². The minimum atomic E-state index is -0.424. The van der Waals surface area contributed by atoms with Crippen molar-refractivity contribution < 1.29 is 19.1 Å². The lowest BCUT2D eigenvalue weighted by Crippen LogP contribution is -2.42. The molecule has 1 aliphatic rings. The normalized spacial score (nSPS) is 13.8. The van der Waals surface area contributed by atoms with Gasteiger partial charge in [0.2, 0.25) is 5.91 Å². The fraction of sp³-hybridized carbons (Fsp3) is 0.571. The van der Waals surface area contributed by atoms with Crippen LogP contribution in [0.25, 0.3) is 0 Å². The molecule has 6 nitrogen and oxygen atoms in total. The highest BCUT2D eigenvalue weighted by Crippen LogP contribution is 2.29. The van der Waals surface area contributed by atoms with Crippen LogP contribution in [0.5, 0.6) is 0 Å². The maximum Gasteiger partial charge on any atom is 0.355 e. The first-order chi connectivity index (χ1) is 12.9. The van der Waals surface area contributed by atoms with E-state index in [0.29, 0.717) is 29.9 Å². The number of ether oxygens (including phenoxy) is 1. The number of Topliss-reactive ketones (excluding diaryl/α,β-unsaturated/α-hetero) is 1. The van der Waals surface area contributed by atoms with Crippen LogP contribution in [0, 0.1) is 19.8 Å². The lowest BCUT2D eigenvalue weighted by atomic mass is 9.84. The summed E-state index contributed by atoms with van der Waals surface area (Å²) in [6, 6.07) is 0. The number of nitrogens with zero attached hydrogens (tertiary/aromatic N) is 2. The van der Waals surface area contributed by atoms with Crippen LogP contribution in [0.4, 0.5) is 0 Å². The first kappa shape index (κ1) is 20.9. The van der Waals surface area contributed by atoms with Crippen LogP contribution in [-0.2, 0) is 16.1 Å². The van der Waals surface area contributed by atoms with E-state index in [0.717, 1.165) is 25.0 Å². The van der Waals surface area contributed by atoms with E-state index in [1.165, 1.54) is 0 Å². The maximum atomic E-state index is 13.1. The first-order valence-electron chi connectivity index (χ1n) is 9.66. The average molecular weight is 374 g/mol. The van der Waals surface area contributed by atoms with Crippen molar-refractivity contribution in [3.8, 4) is 0 Å². The monoisotopic (exact) mass is 374 g/mol. The summed E-state index contributed by atoms with van der Waals surface area (Å²) in [7, 11) is 0. The van der Waals surface area contributed by atoms with E-state index in [2.05, 4.69) is 6.58 Å². The van der Waals surface area contributed by atoms with Gasteiger partial charge in [0, 0.05) is 30.3 Å². The standard InChI is InChI=1S/C21H30N2O4/c1-6-12-22(20(25)16-10-9-11-16)13-17(24)18-14(4)19(21(26)27-8-3)23(7-2)15(18)5/h6,16H,1,7-13H2,2-5H3. The van der Waals surface area contributed by atoms with E-state index in [9.17, 15) is 14.4 Å². The summed E-state index contributed by atoms with van der Waals surface area (Å²) in [6.07, 6.45) is 4.48. The van der Waals surface area contributed by atoms with E-state index in [1.807, 2.05) is 18.4 Å². The van der Waals surface area contributed by atoms with Crippen molar-refractivity contribution in [1.29, 1.82) is 0 Å². The van der Waals surface area contributed by atoms with Gasteiger partial charge in [-0.15, -0.1) is 6.58 Å². The van der Waals surface area contributed by atoms with Crippen molar-refractivity contribution in [2.75, 3.05) is 19.7 Å². The minimum Gasteiger partial charge on any atom is -0.461 e. The second-order valence-electron chi connectivity index (χ2n) is 6.96. The smallest absolute Gasteiger partial charge is 0.355 e. The Morgan fingerprint density at radius 2 is 1.93 bits per heavy atom. The number of aromatic nitrogens is 1. The molecule has 0 aliphatic heterocycles. The summed E-state index contributed by atoms with van der Waals surface area (Å²) in [5.74, 6) is -0.537. The Hall–Kier alpha value is -2.37. The molecule has 148 valence electrons. The molecule has 6 heteroatoms. The third kappa shape index (κ3) is 4.15. The summed E-state index contributed by atoms with van der Waals surface area (Å²) in [4.78, 5) is 39.6. The molecule has 0 saturated heterocycles. The number of carbonyl (C=O) groups excluding carboxylic acids is 3. The predicted octanol–water partition coefficient (Wildman–Crippen LogP) is 3.30. The Balaban J connectivity index is 2.32. The molecule has 0 radical (unpaired) electrons. The average Bonchev–Trinajstić information content (AvgIpc) is 2.82. The Bertz CT molecular complexity index is 744. The van der Waals surface area contributed by atoms with E-state index in [-0.39, 0.29) is 30.8 Å². The molecule has 0 bridgehead atoms. The molecule has 1 aromatic heterocycles. The molecule has 2 rings (SSSR count). The van der Waals surface area contributed by atoms with Gasteiger partial charge >= 0.3 is 5.97 Å². The summed E-state index contributed by atoms with van der Waals surface area (Å²) < 4.78 is 6.97. The van der Waals surface area contributed by atoms with Crippen molar-refractivity contribution in [2.45, 2.75) is 53.5 Å². The molecule has 0 aromatic carbocycles. The van der Waals surface area contributed by atoms with Crippen LogP contribution in [-0.4, -0.2) is 46.8 Å². The van der Waals surface area contributed by atoms with Gasteiger partial charge < -0.3 is 14.2 Å². The predicted molar refractivity (Wildman–Crippen MR) is 104 cm³/mol. The van der Waals surface area contributed by atoms with E-state index in [4.69, 9.17) is 4.74 Å². The van der Waals surface area contributed by atoms with Crippen LogP contribution in [0.3, 0.4) is 0 Å². The van der Waals surface area contributed by atoms with Crippen LogP contribution in [0.1, 0.15) is 65.2 Å². The lowest BCUT2D eigenvalue weighted by Gasteiger charge is -2.30. The third-order valence-corrected chi connectivity index (χ3v) is 5.28.